The molecule has 2 aromatic carbocycles. The highest BCUT2D eigenvalue weighted by Crippen LogP contribution is 2.35. The molecular weight excluding hydrogens is 538 g/mol. The Morgan fingerprint density at radius 2 is 1.93 bits per heavy atom. The van der Waals surface area contributed by atoms with Crippen molar-refractivity contribution in [1.29, 1.82) is 0 Å². The van der Waals surface area contributed by atoms with Crippen LogP contribution in [0, 0.1) is 6.92 Å². The number of nitrogens with zero attached hydrogens (tertiary/aromatic N) is 3. The van der Waals surface area contributed by atoms with Gasteiger partial charge in [-0.05, 0) is 67.1 Å². The highest BCUT2D eigenvalue weighted by Gasteiger charge is 2.29. The molecule has 2 aliphatic rings. The molecule has 4 aromatic rings. The standard InChI is InChI=1S/C30H29N7O5/c1-3-31-28(39)19-5-6-20-18(16(19)2)7-8-21(20)36-30(41)24-13-23(34-26-10-11-33-37(24)26)29(40)32-14-17-4-9-25-22(12-17)35-27(38)15-42-25/h4-6,9-13,21H,3,7-8,14-15H2,1-2H3,(H,31,39)(H,32,40)(H,35,38)(H,36,41)/t21-/m0/s1. The van der Waals surface area contributed by atoms with E-state index in [4.69, 9.17) is 4.74 Å². The molecule has 42 heavy (non-hydrogen) atoms. The average Bonchev–Trinajstić information content (AvgIpc) is 3.63. The minimum atomic E-state index is -0.467. The van der Waals surface area contributed by atoms with Crippen LogP contribution >= 0.6 is 0 Å². The highest BCUT2D eigenvalue weighted by atomic mass is 16.5. The topological polar surface area (TPSA) is 156 Å². The van der Waals surface area contributed by atoms with Gasteiger partial charge in [-0.3, -0.25) is 19.2 Å². The van der Waals surface area contributed by atoms with E-state index in [0.717, 1.165) is 28.7 Å². The van der Waals surface area contributed by atoms with Crippen LogP contribution in [-0.4, -0.2) is 51.4 Å². The molecule has 3 heterocycles. The van der Waals surface area contributed by atoms with Crippen LogP contribution in [-0.2, 0) is 17.8 Å². The van der Waals surface area contributed by atoms with Gasteiger partial charge in [0.25, 0.3) is 23.6 Å². The molecule has 214 valence electrons. The Labute approximate surface area is 240 Å². The van der Waals surface area contributed by atoms with E-state index < -0.39 is 11.8 Å². The SMILES string of the molecule is CCNC(=O)c1ccc2c(c1C)CC[C@@H]2NC(=O)c1cc(C(=O)NCc2ccc3c(c2)NC(=O)CO3)nc2ccnn12. The number of hydrogen-bond acceptors (Lipinski definition) is 7. The van der Waals surface area contributed by atoms with E-state index in [1.54, 1.807) is 30.3 Å². The predicted molar refractivity (Wildman–Crippen MR) is 152 cm³/mol. The summed E-state index contributed by atoms with van der Waals surface area (Å²) in [7, 11) is 0. The van der Waals surface area contributed by atoms with Crippen molar-refractivity contribution in [2.24, 2.45) is 0 Å². The number of rotatable bonds is 7. The molecule has 0 spiro atoms. The summed E-state index contributed by atoms with van der Waals surface area (Å²) in [6.45, 7) is 4.50. The summed E-state index contributed by atoms with van der Waals surface area (Å²) in [6.07, 6.45) is 2.94. The number of carbonyl (C=O) groups is 4. The van der Waals surface area contributed by atoms with E-state index in [1.165, 1.54) is 16.8 Å². The van der Waals surface area contributed by atoms with Gasteiger partial charge in [0.15, 0.2) is 12.3 Å². The fraction of sp³-hybridized carbons (Fsp3) is 0.267. The van der Waals surface area contributed by atoms with Crippen LogP contribution in [0.1, 0.15) is 73.0 Å². The van der Waals surface area contributed by atoms with E-state index in [0.29, 0.717) is 35.6 Å². The minimum absolute atomic E-state index is 0.0344. The smallest absolute Gasteiger partial charge is 0.270 e. The Hall–Kier alpha value is -5.26. The van der Waals surface area contributed by atoms with Gasteiger partial charge in [-0.25, -0.2) is 9.50 Å². The number of anilines is 1. The van der Waals surface area contributed by atoms with Gasteiger partial charge in [0.2, 0.25) is 0 Å². The van der Waals surface area contributed by atoms with Crippen molar-refractivity contribution in [1.82, 2.24) is 30.5 Å². The molecule has 0 saturated heterocycles. The monoisotopic (exact) mass is 567 g/mol. The van der Waals surface area contributed by atoms with Crippen molar-refractivity contribution in [3.63, 3.8) is 0 Å². The van der Waals surface area contributed by atoms with Gasteiger partial charge < -0.3 is 26.0 Å². The molecule has 0 saturated carbocycles. The van der Waals surface area contributed by atoms with E-state index in [-0.39, 0.29) is 42.4 Å². The van der Waals surface area contributed by atoms with Crippen LogP contribution < -0.4 is 26.0 Å². The summed E-state index contributed by atoms with van der Waals surface area (Å²) in [5.74, 6) is -0.649. The average molecular weight is 568 g/mol. The molecule has 0 bridgehead atoms. The normalized spacial score (nSPS) is 15.3. The van der Waals surface area contributed by atoms with Gasteiger partial charge >= 0.3 is 0 Å². The van der Waals surface area contributed by atoms with Gasteiger partial charge in [0.05, 0.1) is 17.9 Å². The fourth-order valence-corrected chi connectivity index (χ4v) is 5.47. The quantitative estimate of drug-likeness (QED) is 0.267. The van der Waals surface area contributed by atoms with Gasteiger partial charge in [0.1, 0.15) is 17.1 Å². The van der Waals surface area contributed by atoms with E-state index >= 15 is 0 Å². The Morgan fingerprint density at radius 1 is 1.07 bits per heavy atom. The predicted octanol–water partition coefficient (Wildman–Crippen LogP) is 2.47. The number of fused-ring (bicyclic) bond motifs is 3. The zero-order valence-corrected chi connectivity index (χ0v) is 23.1. The third kappa shape index (κ3) is 5.02. The lowest BCUT2D eigenvalue weighted by molar-refractivity contribution is -0.118. The van der Waals surface area contributed by atoms with Crippen LogP contribution in [0.15, 0.2) is 48.7 Å². The number of amides is 4. The number of nitrogens with one attached hydrogen (secondary N) is 4. The maximum atomic E-state index is 13.5. The summed E-state index contributed by atoms with van der Waals surface area (Å²) in [4.78, 5) is 55.1. The summed E-state index contributed by atoms with van der Waals surface area (Å²) in [5.41, 5.74) is 5.49. The highest BCUT2D eigenvalue weighted by molar-refractivity contribution is 5.99. The first-order chi connectivity index (χ1) is 20.3. The lowest BCUT2D eigenvalue weighted by atomic mass is 9.97. The number of benzene rings is 2. The van der Waals surface area contributed by atoms with Crippen molar-refractivity contribution in [2.45, 2.75) is 39.3 Å². The van der Waals surface area contributed by atoms with Crippen LogP contribution in [0.3, 0.4) is 0 Å². The fourth-order valence-electron chi connectivity index (χ4n) is 5.47. The largest absolute Gasteiger partial charge is 0.482 e. The zero-order valence-electron chi connectivity index (χ0n) is 23.1. The van der Waals surface area contributed by atoms with Crippen LogP contribution in [0.5, 0.6) is 5.75 Å². The zero-order chi connectivity index (χ0) is 29.4. The molecule has 12 nitrogen and oxygen atoms in total. The molecule has 0 radical (unpaired) electrons. The first-order valence-electron chi connectivity index (χ1n) is 13.7. The Bertz CT molecular complexity index is 1760. The molecule has 12 heteroatoms. The van der Waals surface area contributed by atoms with Crippen molar-refractivity contribution in [3.8, 4) is 5.75 Å². The molecule has 1 atom stereocenters. The van der Waals surface area contributed by atoms with Crippen LogP contribution in [0.25, 0.3) is 5.65 Å². The second-order valence-electron chi connectivity index (χ2n) is 10.2. The third-order valence-electron chi connectivity index (χ3n) is 7.53. The maximum absolute atomic E-state index is 13.5. The van der Waals surface area contributed by atoms with E-state index in [9.17, 15) is 19.2 Å². The summed E-state index contributed by atoms with van der Waals surface area (Å²) in [5, 5.41) is 15.7. The van der Waals surface area contributed by atoms with Crippen molar-refractivity contribution < 1.29 is 23.9 Å². The first-order valence-corrected chi connectivity index (χ1v) is 13.7. The van der Waals surface area contributed by atoms with Gasteiger partial charge in [0, 0.05) is 30.8 Å². The van der Waals surface area contributed by atoms with Gasteiger partial charge in [-0.1, -0.05) is 12.1 Å². The minimum Gasteiger partial charge on any atom is -0.482 e. The molecule has 0 unspecified atom stereocenters. The van der Waals surface area contributed by atoms with E-state index in [1.807, 2.05) is 19.9 Å². The molecular formula is C30H29N7O5. The Balaban J connectivity index is 1.19. The molecule has 1 aliphatic carbocycles. The number of aromatic nitrogens is 3. The Kier molecular flexibility index (Phi) is 7.03. The molecule has 2 aromatic heterocycles. The van der Waals surface area contributed by atoms with Crippen molar-refractivity contribution in [3.05, 3.63) is 87.9 Å². The van der Waals surface area contributed by atoms with Gasteiger partial charge in [-0.2, -0.15) is 5.10 Å². The summed E-state index contributed by atoms with van der Waals surface area (Å²) < 4.78 is 6.78. The summed E-state index contributed by atoms with van der Waals surface area (Å²) in [6, 6.07) is 11.8. The first kappa shape index (κ1) is 26.9. The third-order valence-corrected chi connectivity index (χ3v) is 7.53. The number of ether oxygens (including phenoxy) is 1. The molecule has 4 amide bonds. The van der Waals surface area contributed by atoms with Crippen molar-refractivity contribution >= 4 is 35.0 Å². The number of carbonyl (C=O) groups excluding carboxylic acids is 4. The van der Waals surface area contributed by atoms with Crippen LogP contribution in [0.2, 0.25) is 0 Å². The van der Waals surface area contributed by atoms with Crippen LogP contribution in [0.4, 0.5) is 5.69 Å². The molecule has 1 aliphatic heterocycles. The second kappa shape index (κ2) is 11.0. The van der Waals surface area contributed by atoms with E-state index in [2.05, 4.69) is 31.3 Å². The lowest BCUT2D eigenvalue weighted by Gasteiger charge is -2.18. The second-order valence-corrected chi connectivity index (χ2v) is 10.2. The Morgan fingerprint density at radius 3 is 2.76 bits per heavy atom. The molecule has 4 N–H and O–H groups in total. The maximum Gasteiger partial charge on any atom is 0.270 e. The molecule has 0 fully saturated rings. The lowest BCUT2D eigenvalue weighted by Crippen LogP contribution is -2.31. The van der Waals surface area contributed by atoms with Crippen molar-refractivity contribution in [2.75, 3.05) is 18.5 Å². The van der Waals surface area contributed by atoms with Gasteiger partial charge in [-0.15, -0.1) is 0 Å². The summed E-state index contributed by atoms with van der Waals surface area (Å²) >= 11 is 0. The molecule has 6 rings (SSSR count). The number of hydrogen-bond donors (Lipinski definition) is 4.